The molecule has 0 fully saturated rings. The number of sulfonamides is 1. The summed E-state index contributed by atoms with van der Waals surface area (Å²) in [6.07, 6.45) is 2.56. The normalized spacial score (nSPS) is 12.9. The second kappa shape index (κ2) is 5.67. The molecule has 86 valence electrons. The largest absolute Gasteiger partial charge is 0.402 e. The third-order valence-corrected chi connectivity index (χ3v) is 3.32. The van der Waals surface area contributed by atoms with Gasteiger partial charge in [0, 0.05) is 25.4 Å². The van der Waals surface area contributed by atoms with Crippen LogP contribution in [0.5, 0.6) is 0 Å². The molecule has 0 heterocycles. The minimum absolute atomic E-state index is 0.181. The van der Waals surface area contributed by atoms with E-state index in [2.05, 4.69) is 6.58 Å². The molecule has 15 heavy (non-hydrogen) atoms. The lowest BCUT2D eigenvalue weighted by atomic mass is 10.3. The smallest absolute Gasteiger partial charge is 0.221 e. The summed E-state index contributed by atoms with van der Waals surface area (Å²) in [6.45, 7) is 5.13. The third kappa shape index (κ3) is 5.34. The predicted molar refractivity (Wildman–Crippen MR) is 59.6 cm³/mol. The molecule has 0 saturated heterocycles. The van der Waals surface area contributed by atoms with Crippen LogP contribution in [-0.4, -0.2) is 37.9 Å². The maximum Gasteiger partial charge on any atom is 0.221 e. The third-order valence-electron chi connectivity index (χ3n) is 1.57. The number of rotatable bonds is 6. The van der Waals surface area contributed by atoms with Crippen LogP contribution >= 0.6 is 0 Å². The zero-order chi connectivity index (χ0) is 12.1. The predicted octanol–water partition coefficient (Wildman–Crippen LogP) is -0.134. The topological polar surface area (TPSA) is 80.5 Å². The van der Waals surface area contributed by atoms with Crippen LogP contribution in [0.3, 0.4) is 0 Å². The second-order valence-electron chi connectivity index (χ2n) is 3.18. The van der Waals surface area contributed by atoms with Gasteiger partial charge in [-0.3, -0.25) is 4.79 Å². The van der Waals surface area contributed by atoms with E-state index in [1.165, 1.54) is 20.0 Å². The molecule has 0 atom stereocenters. The van der Waals surface area contributed by atoms with Gasteiger partial charge in [-0.05, 0) is 6.92 Å². The van der Waals surface area contributed by atoms with Crippen LogP contribution in [0.2, 0.25) is 0 Å². The summed E-state index contributed by atoms with van der Waals surface area (Å²) in [5.74, 6) is -1.09. The number of likely N-dealkylation sites (N-methyl/N-ethyl adjacent to an activating group) is 1. The quantitative estimate of drug-likeness (QED) is 0.511. The molecule has 0 aliphatic rings. The Balaban J connectivity index is 4.59. The fraction of sp³-hybridized carbons (Fsp3) is 0.444. The van der Waals surface area contributed by atoms with Gasteiger partial charge in [0.25, 0.3) is 0 Å². The lowest BCUT2D eigenvalue weighted by molar-refractivity contribution is -0.112. The van der Waals surface area contributed by atoms with E-state index in [-0.39, 0.29) is 6.54 Å². The van der Waals surface area contributed by atoms with Crippen molar-refractivity contribution in [1.82, 2.24) is 4.31 Å². The zero-order valence-electron chi connectivity index (χ0n) is 8.93. The van der Waals surface area contributed by atoms with E-state index in [0.29, 0.717) is 5.70 Å². The highest BCUT2D eigenvalue weighted by molar-refractivity contribution is 7.89. The number of hydrogen-bond acceptors (Lipinski definition) is 4. The standard InChI is InChI=1S/C9H16N2O3S/c1-4-5-11(3)15(13,14)7-9(12)6-8(2)10/h4,6H,1,5,7,10H2,2-3H3/b8-6-. The van der Waals surface area contributed by atoms with E-state index in [0.717, 1.165) is 10.4 Å². The van der Waals surface area contributed by atoms with Gasteiger partial charge in [0.1, 0.15) is 5.75 Å². The Kier molecular flexibility index (Phi) is 5.24. The fourth-order valence-corrected chi connectivity index (χ4v) is 1.88. The summed E-state index contributed by atoms with van der Waals surface area (Å²) in [7, 11) is -2.16. The Morgan fingerprint density at radius 3 is 2.47 bits per heavy atom. The van der Waals surface area contributed by atoms with Gasteiger partial charge in [-0.15, -0.1) is 6.58 Å². The van der Waals surface area contributed by atoms with Gasteiger partial charge in [-0.25, -0.2) is 12.7 Å². The second-order valence-corrected chi connectivity index (χ2v) is 5.26. The first kappa shape index (κ1) is 13.9. The van der Waals surface area contributed by atoms with Crippen LogP contribution in [0.1, 0.15) is 6.92 Å². The van der Waals surface area contributed by atoms with Crippen LogP contribution in [-0.2, 0) is 14.8 Å². The molecule has 2 N–H and O–H groups in total. The molecular formula is C9H16N2O3S. The molecule has 0 radical (unpaired) electrons. The van der Waals surface area contributed by atoms with Crippen LogP contribution < -0.4 is 5.73 Å². The van der Waals surface area contributed by atoms with Crippen LogP contribution in [0.25, 0.3) is 0 Å². The first-order valence-corrected chi connectivity index (χ1v) is 5.92. The molecule has 0 aromatic rings. The number of allylic oxidation sites excluding steroid dienone is 2. The highest BCUT2D eigenvalue weighted by atomic mass is 32.2. The molecule has 0 saturated carbocycles. The Hall–Kier alpha value is -1.14. The van der Waals surface area contributed by atoms with Gasteiger partial charge < -0.3 is 5.73 Å². The number of nitrogens with zero attached hydrogens (tertiary/aromatic N) is 1. The Labute approximate surface area is 90.3 Å². The molecule has 0 rings (SSSR count). The Morgan fingerprint density at radius 2 is 2.07 bits per heavy atom. The molecule has 0 aliphatic heterocycles. The Bertz CT molecular complexity index is 367. The summed E-state index contributed by atoms with van der Waals surface area (Å²) in [4.78, 5) is 11.2. The van der Waals surface area contributed by atoms with Crippen molar-refractivity contribution in [3.05, 3.63) is 24.4 Å². The van der Waals surface area contributed by atoms with Crippen molar-refractivity contribution in [2.24, 2.45) is 5.73 Å². The van der Waals surface area contributed by atoms with Gasteiger partial charge in [0.05, 0.1) is 0 Å². The maximum absolute atomic E-state index is 11.5. The first-order valence-electron chi connectivity index (χ1n) is 4.31. The molecule has 5 nitrogen and oxygen atoms in total. The van der Waals surface area contributed by atoms with E-state index < -0.39 is 21.6 Å². The number of ketones is 1. The van der Waals surface area contributed by atoms with Crippen molar-refractivity contribution in [3.63, 3.8) is 0 Å². The van der Waals surface area contributed by atoms with Crippen molar-refractivity contribution in [1.29, 1.82) is 0 Å². The highest BCUT2D eigenvalue weighted by Gasteiger charge is 2.19. The first-order chi connectivity index (χ1) is 6.79. The molecule has 6 heteroatoms. The highest BCUT2D eigenvalue weighted by Crippen LogP contribution is 1.99. The molecule has 0 aromatic heterocycles. The van der Waals surface area contributed by atoms with Crippen molar-refractivity contribution in [3.8, 4) is 0 Å². The molecular weight excluding hydrogens is 216 g/mol. The molecule has 0 aromatic carbocycles. The van der Waals surface area contributed by atoms with Crippen molar-refractivity contribution in [2.75, 3.05) is 19.3 Å². The Morgan fingerprint density at radius 1 is 1.53 bits per heavy atom. The SMILES string of the molecule is C=CCN(C)S(=O)(=O)CC(=O)/C=C(/C)N. The van der Waals surface area contributed by atoms with Crippen LogP contribution in [0.4, 0.5) is 0 Å². The lowest BCUT2D eigenvalue weighted by Crippen LogP contribution is -2.32. The fourth-order valence-electron chi connectivity index (χ4n) is 0.881. The monoisotopic (exact) mass is 232 g/mol. The van der Waals surface area contributed by atoms with Crippen LogP contribution in [0.15, 0.2) is 24.4 Å². The van der Waals surface area contributed by atoms with Crippen molar-refractivity contribution < 1.29 is 13.2 Å². The van der Waals surface area contributed by atoms with Crippen LogP contribution in [0, 0.1) is 0 Å². The zero-order valence-corrected chi connectivity index (χ0v) is 9.75. The summed E-state index contributed by atoms with van der Waals surface area (Å²) in [5.41, 5.74) is 5.56. The number of hydrogen-bond donors (Lipinski definition) is 1. The average molecular weight is 232 g/mol. The van der Waals surface area contributed by atoms with Gasteiger partial charge in [-0.2, -0.15) is 0 Å². The van der Waals surface area contributed by atoms with E-state index in [4.69, 9.17) is 5.73 Å². The average Bonchev–Trinajstić information content (AvgIpc) is 2.01. The minimum atomic E-state index is -3.55. The molecule has 0 bridgehead atoms. The molecule has 0 amide bonds. The summed E-state index contributed by atoms with van der Waals surface area (Å²) >= 11 is 0. The van der Waals surface area contributed by atoms with Gasteiger partial charge in [0.2, 0.25) is 10.0 Å². The minimum Gasteiger partial charge on any atom is -0.402 e. The van der Waals surface area contributed by atoms with Gasteiger partial charge >= 0.3 is 0 Å². The molecule has 0 aliphatic carbocycles. The maximum atomic E-state index is 11.5. The van der Waals surface area contributed by atoms with E-state index >= 15 is 0 Å². The molecule has 0 unspecified atom stereocenters. The summed E-state index contributed by atoms with van der Waals surface area (Å²) in [5, 5.41) is 0. The molecule has 0 spiro atoms. The van der Waals surface area contributed by atoms with E-state index in [1.807, 2.05) is 0 Å². The number of nitrogens with two attached hydrogens (primary N) is 1. The van der Waals surface area contributed by atoms with E-state index in [9.17, 15) is 13.2 Å². The lowest BCUT2D eigenvalue weighted by Gasteiger charge is -2.13. The van der Waals surface area contributed by atoms with Crippen molar-refractivity contribution in [2.45, 2.75) is 6.92 Å². The van der Waals surface area contributed by atoms with Gasteiger partial charge in [-0.1, -0.05) is 6.08 Å². The summed E-state index contributed by atoms with van der Waals surface area (Å²) in [6, 6.07) is 0. The van der Waals surface area contributed by atoms with E-state index in [1.54, 1.807) is 0 Å². The number of carbonyl (C=O) groups excluding carboxylic acids is 1. The van der Waals surface area contributed by atoms with Gasteiger partial charge in [0.15, 0.2) is 5.78 Å². The number of carbonyl (C=O) groups is 1. The summed E-state index contributed by atoms with van der Waals surface area (Å²) < 4.78 is 24.1. The van der Waals surface area contributed by atoms with Crippen molar-refractivity contribution >= 4 is 15.8 Å².